The molecule has 1 fully saturated rings. The molecule has 6 heteroatoms. The number of hydrogen-bond donors (Lipinski definition) is 1. The Morgan fingerprint density at radius 2 is 1.73 bits per heavy atom. The second-order valence-electron chi connectivity index (χ2n) is 6.77. The zero-order chi connectivity index (χ0) is 18.7. The molecule has 0 bridgehead atoms. The summed E-state index contributed by atoms with van der Waals surface area (Å²) in [7, 11) is -3.55. The Labute approximate surface area is 155 Å². The maximum Gasteiger partial charge on any atom is 0.255 e. The van der Waals surface area contributed by atoms with E-state index in [9.17, 15) is 13.2 Å². The Bertz CT molecular complexity index is 916. The predicted molar refractivity (Wildman–Crippen MR) is 103 cm³/mol. The third kappa shape index (κ3) is 3.97. The van der Waals surface area contributed by atoms with Crippen molar-refractivity contribution in [2.75, 3.05) is 18.4 Å². The number of carbonyl (C=O) groups excluding carboxylic acids is 1. The largest absolute Gasteiger partial charge is 0.322 e. The quantitative estimate of drug-likeness (QED) is 0.889. The number of anilines is 1. The average molecular weight is 372 g/mol. The van der Waals surface area contributed by atoms with Crippen molar-refractivity contribution < 1.29 is 13.2 Å². The first kappa shape index (κ1) is 18.6. The first-order chi connectivity index (χ1) is 12.4. The summed E-state index contributed by atoms with van der Waals surface area (Å²) in [6, 6.07) is 12.0. The fraction of sp³-hybridized carbons (Fsp3) is 0.350. The molecule has 3 rings (SSSR count). The van der Waals surface area contributed by atoms with Crippen LogP contribution in [0.15, 0.2) is 47.4 Å². The van der Waals surface area contributed by atoms with Gasteiger partial charge in [-0.25, -0.2) is 8.42 Å². The van der Waals surface area contributed by atoms with Crippen LogP contribution in [-0.2, 0) is 10.0 Å². The molecule has 1 amide bonds. The van der Waals surface area contributed by atoms with Crippen molar-refractivity contribution in [3.8, 4) is 0 Å². The van der Waals surface area contributed by atoms with Gasteiger partial charge in [-0.3, -0.25) is 4.79 Å². The molecule has 1 saturated heterocycles. The highest BCUT2D eigenvalue weighted by molar-refractivity contribution is 7.89. The van der Waals surface area contributed by atoms with Crippen molar-refractivity contribution in [3.63, 3.8) is 0 Å². The molecule has 5 nitrogen and oxygen atoms in total. The van der Waals surface area contributed by atoms with Crippen molar-refractivity contribution in [3.05, 3.63) is 59.2 Å². The third-order valence-electron chi connectivity index (χ3n) is 4.68. The van der Waals surface area contributed by atoms with Gasteiger partial charge in [0.25, 0.3) is 5.91 Å². The molecule has 1 aliphatic heterocycles. The van der Waals surface area contributed by atoms with E-state index in [-0.39, 0.29) is 10.8 Å². The molecular formula is C20H24N2O3S. The molecule has 2 aromatic carbocycles. The monoisotopic (exact) mass is 372 g/mol. The lowest BCUT2D eigenvalue weighted by Crippen LogP contribution is -2.35. The molecule has 2 aromatic rings. The van der Waals surface area contributed by atoms with E-state index in [4.69, 9.17) is 0 Å². The summed E-state index contributed by atoms with van der Waals surface area (Å²) in [5, 5.41) is 2.86. The van der Waals surface area contributed by atoms with Gasteiger partial charge in [0.15, 0.2) is 0 Å². The van der Waals surface area contributed by atoms with Gasteiger partial charge in [0.05, 0.1) is 4.90 Å². The fourth-order valence-corrected chi connectivity index (χ4v) is 4.76. The molecule has 1 heterocycles. The van der Waals surface area contributed by atoms with Gasteiger partial charge in [0, 0.05) is 24.3 Å². The van der Waals surface area contributed by atoms with Gasteiger partial charge in [-0.2, -0.15) is 4.31 Å². The number of nitrogens with one attached hydrogen (secondary N) is 1. The van der Waals surface area contributed by atoms with Gasteiger partial charge >= 0.3 is 0 Å². The standard InChI is InChI=1S/C20H24N2O3S/c1-15-9-10-19(16(2)13-15)21-20(23)17-7-6-8-18(14-17)26(24,25)22-11-4-3-5-12-22/h6-10,13-14H,3-5,11-12H2,1-2H3,(H,21,23). The first-order valence-electron chi connectivity index (χ1n) is 8.87. The van der Waals surface area contributed by atoms with Gasteiger partial charge in [0.2, 0.25) is 10.0 Å². The minimum Gasteiger partial charge on any atom is -0.322 e. The highest BCUT2D eigenvalue weighted by Crippen LogP contribution is 2.22. The summed E-state index contributed by atoms with van der Waals surface area (Å²) in [4.78, 5) is 12.8. The highest BCUT2D eigenvalue weighted by atomic mass is 32.2. The second-order valence-corrected chi connectivity index (χ2v) is 8.70. The Morgan fingerprint density at radius 3 is 2.42 bits per heavy atom. The number of hydrogen-bond acceptors (Lipinski definition) is 3. The van der Waals surface area contributed by atoms with Crippen LogP contribution >= 0.6 is 0 Å². The van der Waals surface area contributed by atoms with Gasteiger partial charge in [-0.05, 0) is 56.5 Å². The predicted octanol–water partition coefficient (Wildman–Crippen LogP) is 3.73. The molecule has 1 N–H and O–H groups in total. The van der Waals surface area contributed by atoms with Crippen LogP contribution in [0.25, 0.3) is 0 Å². The van der Waals surface area contributed by atoms with Gasteiger partial charge in [0.1, 0.15) is 0 Å². The smallest absolute Gasteiger partial charge is 0.255 e. The molecular weight excluding hydrogens is 348 g/mol. The maximum absolute atomic E-state index is 12.8. The number of sulfonamides is 1. The topological polar surface area (TPSA) is 66.5 Å². The SMILES string of the molecule is Cc1ccc(NC(=O)c2cccc(S(=O)(=O)N3CCCCC3)c2)c(C)c1. The number of amides is 1. The molecule has 138 valence electrons. The number of piperidine rings is 1. The van der Waals surface area contributed by atoms with Crippen molar-refractivity contribution in [2.24, 2.45) is 0 Å². The lowest BCUT2D eigenvalue weighted by molar-refractivity contribution is 0.102. The Kier molecular flexibility index (Phi) is 5.44. The van der Waals surface area contributed by atoms with E-state index in [1.807, 2.05) is 32.0 Å². The van der Waals surface area contributed by atoms with Crippen LogP contribution in [0.5, 0.6) is 0 Å². The van der Waals surface area contributed by atoms with E-state index >= 15 is 0 Å². The summed E-state index contributed by atoms with van der Waals surface area (Å²) in [5.41, 5.74) is 3.15. The third-order valence-corrected chi connectivity index (χ3v) is 6.57. The fourth-order valence-electron chi connectivity index (χ4n) is 3.20. The summed E-state index contributed by atoms with van der Waals surface area (Å²) < 4.78 is 27.1. The van der Waals surface area contributed by atoms with Crippen molar-refractivity contribution in [1.82, 2.24) is 4.31 Å². The summed E-state index contributed by atoms with van der Waals surface area (Å²) in [6.45, 7) is 5.01. The Balaban J connectivity index is 1.83. The molecule has 0 radical (unpaired) electrons. The minimum absolute atomic E-state index is 0.174. The molecule has 0 atom stereocenters. The summed E-state index contributed by atoms with van der Waals surface area (Å²) >= 11 is 0. The normalized spacial score (nSPS) is 15.6. The Hall–Kier alpha value is -2.18. The highest BCUT2D eigenvalue weighted by Gasteiger charge is 2.26. The van der Waals surface area contributed by atoms with Crippen LogP contribution in [0.3, 0.4) is 0 Å². The van der Waals surface area contributed by atoms with Gasteiger partial charge in [-0.1, -0.05) is 30.2 Å². The first-order valence-corrected chi connectivity index (χ1v) is 10.3. The van der Waals surface area contributed by atoms with E-state index in [0.717, 1.165) is 36.1 Å². The van der Waals surface area contributed by atoms with Crippen LogP contribution in [0.2, 0.25) is 0 Å². The lowest BCUT2D eigenvalue weighted by Gasteiger charge is -2.26. The van der Waals surface area contributed by atoms with Crippen LogP contribution < -0.4 is 5.32 Å². The summed E-state index contributed by atoms with van der Waals surface area (Å²) in [5.74, 6) is -0.312. The molecule has 0 spiro atoms. The van der Waals surface area contributed by atoms with Crippen LogP contribution in [0.4, 0.5) is 5.69 Å². The number of carbonyl (C=O) groups is 1. The molecule has 26 heavy (non-hydrogen) atoms. The number of aryl methyl sites for hydroxylation is 2. The van der Waals surface area contributed by atoms with E-state index in [2.05, 4.69) is 5.32 Å². The molecule has 1 aliphatic rings. The van der Waals surface area contributed by atoms with Crippen molar-refractivity contribution >= 4 is 21.6 Å². The summed E-state index contributed by atoms with van der Waals surface area (Å²) in [6.07, 6.45) is 2.82. The molecule has 0 aliphatic carbocycles. The Morgan fingerprint density at radius 1 is 1.00 bits per heavy atom. The number of benzene rings is 2. The second kappa shape index (κ2) is 7.60. The van der Waals surface area contributed by atoms with E-state index in [1.165, 1.54) is 10.4 Å². The van der Waals surface area contributed by atoms with Crippen LogP contribution in [-0.4, -0.2) is 31.7 Å². The van der Waals surface area contributed by atoms with Crippen LogP contribution in [0, 0.1) is 13.8 Å². The molecule has 0 unspecified atom stereocenters. The van der Waals surface area contributed by atoms with E-state index in [0.29, 0.717) is 18.7 Å². The maximum atomic E-state index is 12.8. The minimum atomic E-state index is -3.55. The van der Waals surface area contributed by atoms with Crippen molar-refractivity contribution in [2.45, 2.75) is 38.0 Å². The average Bonchev–Trinajstić information content (AvgIpc) is 2.65. The van der Waals surface area contributed by atoms with E-state index in [1.54, 1.807) is 18.2 Å². The van der Waals surface area contributed by atoms with E-state index < -0.39 is 10.0 Å². The van der Waals surface area contributed by atoms with Gasteiger partial charge < -0.3 is 5.32 Å². The number of nitrogens with zero attached hydrogens (tertiary/aromatic N) is 1. The van der Waals surface area contributed by atoms with Crippen LogP contribution in [0.1, 0.15) is 40.7 Å². The zero-order valence-corrected chi connectivity index (χ0v) is 16.0. The van der Waals surface area contributed by atoms with Gasteiger partial charge in [-0.15, -0.1) is 0 Å². The zero-order valence-electron chi connectivity index (χ0n) is 15.2. The van der Waals surface area contributed by atoms with Crippen molar-refractivity contribution in [1.29, 1.82) is 0 Å². The lowest BCUT2D eigenvalue weighted by atomic mass is 10.1. The number of rotatable bonds is 4. The molecule has 0 aromatic heterocycles. The molecule has 0 saturated carbocycles.